The lowest BCUT2D eigenvalue weighted by atomic mass is 9.92. The molecule has 1 fully saturated rings. The normalized spacial score (nSPS) is 15.7. The lowest BCUT2D eigenvalue weighted by Gasteiger charge is -2.31. The van der Waals surface area contributed by atoms with Crippen molar-refractivity contribution in [1.82, 2.24) is 24.4 Å². The molecule has 0 spiro atoms. The lowest BCUT2D eigenvalue weighted by molar-refractivity contribution is 0.0702. The number of imidazole rings is 1. The number of hydrogen-bond donors (Lipinski definition) is 0. The van der Waals surface area contributed by atoms with Crippen LogP contribution in [0.1, 0.15) is 34.9 Å². The van der Waals surface area contributed by atoms with Gasteiger partial charge in [0, 0.05) is 43.3 Å². The summed E-state index contributed by atoms with van der Waals surface area (Å²) in [4.78, 5) is 27.5. The summed E-state index contributed by atoms with van der Waals surface area (Å²) < 4.78 is 1.76. The number of amides is 1. The zero-order chi connectivity index (χ0) is 17.4. The molecule has 3 aromatic heterocycles. The van der Waals surface area contributed by atoms with Crippen molar-refractivity contribution in [2.75, 3.05) is 13.1 Å². The number of carbonyl (C=O) groups is 1. The zero-order valence-electron chi connectivity index (χ0n) is 13.9. The molecule has 4 heterocycles. The number of aryl methyl sites for hydroxylation is 1. The van der Waals surface area contributed by atoms with Crippen molar-refractivity contribution < 1.29 is 4.79 Å². The number of likely N-dealkylation sites (tertiary alicyclic amines) is 1. The summed E-state index contributed by atoms with van der Waals surface area (Å²) in [5.74, 6) is 0.388. The minimum absolute atomic E-state index is 0.0428. The smallest absolute Gasteiger partial charge is 0.272 e. The van der Waals surface area contributed by atoms with Crippen molar-refractivity contribution >= 4 is 28.5 Å². The summed E-state index contributed by atoms with van der Waals surface area (Å²) in [7, 11) is 1.84. The highest BCUT2D eigenvalue weighted by molar-refractivity contribution is 6.31. The number of hydrogen-bond acceptors (Lipinski definition) is 4. The summed E-state index contributed by atoms with van der Waals surface area (Å²) >= 11 is 5.97. The fourth-order valence-electron chi connectivity index (χ4n) is 3.33. The van der Waals surface area contributed by atoms with E-state index in [1.807, 2.05) is 30.1 Å². The van der Waals surface area contributed by atoms with Crippen LogP contribution in [0.25, 0.3) is 11.0 Å². The van der Waals surface area contributed by atoms with Crippen LogP contribution < -0.4 is 0 Å². The van der Waals surface area contributed by atoms with Gasteiger partial charge < -0.3 is 9.47 Å². The summed E-state index contributed by atoms with van der Waals surface area (Å²) in [6, 6.07) is 5.93. The van der Waals surface area contributed by atoms with Crippen LogP contribution in [0.2, 0.25) is 5.02 Å². The number of fused-ring (bicyclic) bond motifs is 1. The molecule has 7 heteroatoms. The number of carbonyl (C=O) groups excluding carboxylic acids is 1. The Morgan fingerprint density at radius 3 is 2.76 bits per heavy atom. The fraction of sp³-hybridized carbons (Fsp3) is 0.333. The van der Waals surface area contributed by atoms with Gasteiger partial charge in [-0.05, 0) is 31.0 Å². The molecule has 0 atom stereocenters. The predicted molar refractivity (Wildman–Crippen MR) is 95.6 cm³/mol. The molecule has 0 aliphatic carbocycles. The molecule has 25 heavy (non-hydrogen) atoms. The first-order valence-electron chi connectivity index (χ1n) is 8.29. The summed E-state index contributed by atoms with van der Waals surface area (Å²) in [5.41, 5.74) is 2.38. The Morgan fingerprint density at radius 1 is 1.24 bits per heavy atom. The van der Waals surface area contributed by atoms with Crippen molar-refractivity contribution in [3.05, 3.63) is 53.3 Å². The monoisotopic (exact) mass is 355 g/mol. The Morgan fingerprint density at radius 2 is 2.04 bits per heavy atom. The van der Waals surface area contributed by atoms with E-state index < -0.39 is 0 Å². The van der Waals surface area contributed by atoms with E-state index in [1.165, 1.54) is 0 Å². The molecule has 1 amide bonds. The average molecular weight is 356 g/mol. The van der Waals surface area contributed by atoms with Crippen molar-refractivity contribution in [2.24, 2.45) is 7.05 Å². The second-order valence-corrected chi connectivity index (χ2v) is 6.83. The van der Waals surface area contributed by atoms with Gasteiger partial charge >= 0.3 is 0 Å². The molecular formula is C18H18ClN5O. The van der Waals surface area contributed by atoms with Crippen molar-refractivity contribution in [2.45, 2.75) is 18.8 Å². The Hall–Kier alpha value is -2.47. The Balaban J connectivity index is 1.47. The number of rotatable bonds is 2. The zero-order valence-corrected chi connectivity index (χ0v) is 14.6. The van der Waals surface area contributed by atoms with Crippen LogP contribution in [0.4, 0.5) is 0 Å². The molecule has 0 saturated carbocycles. The van der Waals surface area contributed by atoms with Gasteiger partial charge in [-0.15, -0.1) is 0 Å². The third kappa shape index (κ3) is 3.09. The first-order valence-corrected chi connectivity index (χ1v) is 8.67. The van der Waals surface area contributed by atoms with E-state index in [9.17, 15) is 4.79 Å². The molecule has 0 radical (unpaired) electrons. The number of nitrogens with zero attached hydrogens (tertiary/aromatic N) is 5. The molecule has 0 N–H and O–H groups in total. The summed E-state index contributed by atoms with van der Waals surface area (Å²) in [5, 5.41) is 1.56. The van der Waals surface area contributed by atoms with Crippen LogP contribution in [-0.4, -0.2) is 43.4 Å². The standard InChI is InChI=1S/C18H18ClN5O/c1-23-11-20-10-16(23)18(25)24-6-4-12(5-7-24)15-3-2-13-8-14(19)9-21-17(13)22-15/h2-3,8-12H,4-7H2,1H3. The van der Waals surface area contributed by atoms with Crippen LogP contribution in [0.5, 0.6) is 0 Å². The van der Waals surface area contributed by atoms with Crippen LogP contribution >= 0.6 is 11.6 Å². The van der Waals surface area contributed by atoms with E-state index in [0.29, 0.717) is 16.6 Å². The highest BCUT2D eigenvalue weighted by atomic mass is 35.5. The van der Waals surface area contributed by atoms with Crippen LogP contribution in [0, 0.1) is 0 Å². The number of piperidine rings is 1. The lowest BCUT2D eigenvalue weighted by Crippen LogP contribution is -2.38. The molecule has 0 unspecified atom stereocenters. The molecule has 1 saturated heterocycles. The average Bonchev–Trinajstić information content (AvgIpc) is 3.07. The van der Waals surface area contributed by atoms with E-state index in [0.717, 1.165) is 42.7 Å². The van der Waals surface area contributed by atoms with Gasteiger partial charge in [-0.1, -0.05) is 11.6 Å². The molecule has 1 aliphatic heterocycles. The molecule has 128 valence electrons. The van der Waals surface area contributed by atoms with Gasteiger partial charge in [-0.25, -0.2) is 15.0 Å². The summed E-state index contributed by atoms with van der Waals surface area (Å²) in [6.07, 6.45) is 6.69. The second kappa shape index (κ2) is 6.44. The highest BCUT2D eigenvalue weighted by Crippen LogP contribution is 2.28. The minimum atomic E-state index is 0.0428. The quantitative estimate of drug-likeness (QED) is 0.708. The molecular weight excluding hydrogens is 338 g/mol. The number of aromatic nitrogens is 4. The van der Waals surface area contributed by atoms with Gasteiger partial charge in [0.15, 0.2) is 5.65 Å². The minimum Gasteiger partial charge on any atom is -0.337 e. The van der Waals surface area contributed by atoms with Crippen LogP contribution in [0.3, 0.4) is 0 Å². The van der Waals surface area contributed by atoms with E-state index in [2.05, 4.69) is 15.0 Å². The maximum Gasteiger partial charge on any atom is 0.272 e. The predicted octanol–water partition coefficient (Wildman–Crippen LogP) is 3.04. The highest BCUT2D eigenvalue weighted by Gasteiger charge is 2.26. The number of halogens is 1. The van der Waals surface area contributed by atoms with E-state index in [4.69, 9.17) is 11.6 Å². The van der Waals surface area contributed by atoms with Crippen molar-refractivity contribution in [3.63, 3.8) is 0 Å². The molecule has 3 aromatic rings. The van der Waals surface area contributed by atoms with Gasteiger partial charge in [-0.2, -0.15) is 0 Å². The first kappa shape index (κ1) is 16.0. The largest absolute Gasteiger partial charge is 0.337 e. The van der Waals surface area contributed by atoms with Gasteiger partial charge in [0.05, 0.1) is 17.5 Å². The molecule has 0 bridgehead atoms. The maximum absolute atomic E-state index is 12.6. The first-order chi connectivity index (χ1) is 12.1. The number of pyridine rings is 2. The topological polar surface area (TPSA) is 63.9 Å². The molecule has 1 aliphatic rings. The maximum atomic E-state index is 12.6. The Kier molecular flexibility index (Phi) is 4.13. The third-order valence-electron chi connectivity index (χ3n) is 4.77. The Bertz CT molecular complexity index is 930. The van der Waals surface area contributed by atoms with E-state index >= 15 is 0 Å². The van der Waals surface area contributed by atoms with Gasteiger partial charge in [0.2, 0.25) is 0 Å². The molecule has 4 rings (SSSR count). The second-order valence-electron chi connectivity index (χ2n) is 6.39. The van der Waals surface area contributed by atoms with E-state index in [1.54, 1.807) is 23.3 Å². The van der Waals surface area contributed by atoms with Crippen LogP contribution in [0.15, 0.2) is 36.9 Å². The SMILES string of the molecule is Cn1cncc1C(=O)N1CCC(c2ccc3cc(Cl)cnc3n2)CC1. The third-order valence-corrected chi connectivity index (χ3v) is 4.97. The van der Waals surface area contributed by atoms with Gasteiger partial charge in [-0.3, -0.25) is 4.79 Å². The molecule has 0 aromatic carbocycles. The summed E-state index contributed by atoms with van der Waals surface area (Å²) in [6.45, 7) is 1.45. The Labute approximate surface area is 150 Å². The molecule has 6 nitrogen and oxygen atoms in total. The van der Waals surface area contributed by atoms with Gasteiger partial charge in [0.1, 0.15) is 5.69 Å². The van der Waals surface area contributed by atoms with E-state index in [-0.39, 0.29) is 5.91 Å². The van der Waals surface area contributed by atoms with Crippen molar-refractivity contribution in [3.8, 4) is 0 Å². The van der Waals surface area contributed by atoms with Gasteiger partial charge in [0.25, 0.3) is 5.91 Å². The van der Waals surface area contributed by atoms with Crippen LogP contribution in [-0.2, 0) is 7.05 Å². The fourth-order valence-corrected chi connectivity index (χ4v) is 3.50. The van der Waals surface area contributed by atoms with Crippen molar-refractivity contribution in [1.29, 1.82) is 0 Å².